The Bertz CT molecular complexity index is 1810. The second-order valence-corrected chi connectivity index (χ2v) is 13.8. The quantitative estimate of drug-likeness (QED) is 0.0245. The third-order valence-corrected chi connectivity index (χ3v) is 8.65. The fourth-order valence-corrected chi connectivity index (χ4v) is 5.53. The van der Waals surface area contributed by atoms with Crippen LogP contribution >= 0.6 is 0 Å². The molecule has 380 valence electrons. The van der Waals surface area contributed by atoms with E-state index in [0.717, 1.165) is 74.0 Å². The topological polar surface area (TPSA) is 92.5 Å². The van der Waals surface area contributed by atoms with Crippen molar-refractivity contribution in [3.8, 4) is 34.5 Å². The number of nitrogens with zero attached hydrogens (tertiary/aromatic N) is 3. The second-order valence-electron chi connectivity index (χ2n) is 13.4. The van der Waals surface area contributed by atoms with Gasteiger partial charge in [-0.05, 0) is 133 Å². The van der Waals surface area contributed by atoms with Crippen LogP contribution in [-0.4, -0.2) is 64.0 Å². The van der Waals surface area contributed by atoms with E-state index in [1.807, 2.05) is 169 Å². The van der Waals surface area contributed by atoms with E-state index in [9.17, 15) is 0 Å². The van der Waals surface area contributed by atoms with Crippen molar-refractivity contribution in [2.24, 2.45) is 15.0 Å². The van der Waals surface area contributed by atoms with Crippen LogP contribution in [0, 0.1) is 18.2 Å². The number of aliphatic imine (C=N–C) groups is 3. The molecule has 0 aliphatic heterocycles. The van der Waals surface area contributed by atoms with Crippen LogP contribution in [0.25, 0.3) is 0 Å². The van der Waals surface area contributed by atoms with Gasteiger partial charge in [-0.2, -0.15) is 5.75 Å². The summed E-state index contributed by atoms with van der Waals surface area (Å²) in [5, 5.41) is 0. The van der Waals surface area contributed by atoms with Crippen molar-refractivity contribution in [3.05, 3.63) is 162 Å². The summed E-state index contributed by atoms with van der Waals surface area (Å²) in [5.74, 6) is 5.98. The van der Waals surface area contributed by atoms with Gasteiger partial charge in [0.1, 0.15) is 17.2 Å². The number of ether oxygens (including phenoxy) is 6. The number of unbranched alkanes of at least 4 members (excludes halogenated alkanes) is 1. The molecule has 0 aliphatic rings. The van der Waals surface area contributed by atoms with E-state index >= 15 is 0 Å². The van der Waals surface area contributed by atoms with E-state index in [1.54, 1.807) is 18.6 Å². The van der Waals surface area contributed by atoms with Crippen LogP contribution in [0.1, 0.15) is 78.0 Å². The zero-order chi connectivity index (χ0) is 46.7. The third-order valence-electron chi connectivity index (χ3n) is 8.36. The second kappa shape index (κ2) is 42.7. The Hall–Kier alpha value is -4.18. The fraction of sp³-hybridized carbons (Fsp3) is 0.291. The van der Waals surface area contributed by atoms with E-state index in [4.69, 9.17) is 28.4 Å². The van der Waals surface area contributed by atoms with E-state index in [0.29, 0.717) is 39.6 Å². The molecular weight excluding hydrogens is 1180 g/mol. The van der Waals surface area contributed by atoms with Gasteiger partial charge in [-0.1, -0.05) is 19.8 Å². The van der Waals surface area contributed by atoms with E-state index in [1.165, 1.54) is 12.8 Å². The smallest absolute Gasteiger partial charge is 0.813 e. The van der Waals surface area contributed by atoms with Crippen molar-refractivity contribution in [2.75, 3.05) is 45.4 Å². The minimum atomic E-state index is 0. The van der Waals surface area contributed by atoms with Crippen molar-refractivity contribution in [2.45, 2.75) is 61.3 Å². The molecule has 9 nitrogen and oxygen atoms in total. The first-order valence-corrected chi connectivity index (χ1v) is 22.8. The molecule has 6 aromatic carbocycles. The predicted molar refractivity (Wildman–Crippen MR) is 280 cm³/mol. The maximum Gasteiger partial charge on any atom is 2.00 e. The summed E-state index contributed by atoms with van der Waals surface area (Å²) in [5.41, 5.74) is 5.41. The zero-order valence-electron chi connectivity index (χ0n) is 40.3. The van der Waals surface area contributed by atoms with Crippen molar-refractivity contribution >= 4 is 61.8 Å². The van der Waals surface area contributed by atoms with Crippen LogP contribution in [0.2, 0.25) is 0 Å². The standard InChI is InChI=1S/3C17H18NO2.C4H10S.3Pd.H2S/c3*1-3-19-16-9-5-14(6-10-16)13-18-15-7-11-17(12-8-15)20-4-2;1-2-3-4-5;;;;/h3*5,7-13H,3-4H2,1-2H3;5H,2-4H2,1H3;;;;1H2/q3*-1;;;;+2;/p-2. The molecule has 0 N–H and O–H groups in total. The Kier molecular flexibility index (Phi) is 41.4. The normalized spacial score (nSPS) is 9.91. The van der Waals surface area contributed by atoms with Crippen molar-refractivity contribution in [1.82, 2.24) is 0 Å². The van der Waals surface area contributed by atoms with Gasteiger partial charge >= 0.3 is 20.4 Å². The Morgan fingerprint density at radius 3 is 0.797 bits per heavy atom. The number of thiol groups is 1. The molecule has 0 unspecified atom stereocenters. The molecule has 6 rings (SSSR count). The van der Waals surface area contributed by atoms with Gasteiger partial charge in [0.2, 0.25) is 0 Å². The molecule has 0 radical (unpaired) electrons. The van der Waals surface area contributed by atoms with Gasteiger partial charge in [0.15, 0.2) is 0 Å². The summed E-state index contributed by atoms with van der Waals surface area (Å²) in [6, 6.07) is 49.4. The molecule has 14 heteroatoms. The SMILES string of the molecule is CCCC[S-].CCOc1c[c-]c(C=Nc2ccc(OCC)cc2)cc1.CCOc1c[c-]c(C=Nc2ccc(OCC)cc2)cc1.CCOc1c[c-]c(C=Nc2ccc(OCC)cc2)cc1.[Pd+2].[Pd].[Pd].[SH-]. The number of hydrogen-bond acceptors (Lipinski definition) is 11. The summed E-state index contributed by atoms with van der Waals surface area (Å²) in [6.07, 6.45) is 7.79. The predicted octanol–water partition coefficient (Wildman–Crippen LogP) is 13.2. The average Bonchev–Trinajstić information content (AvgIpc) is 3.34. The first-order chi connectivity index (χ1) is 31.9. The first kappa shape index (κ1) is 66.9. The van der Waals surface area contributed by atoms with Gasteiger partial charge < -0.3 is 69.5 Å². The number of benzene rings is 6. The number of rotatable bonds is 20. The molecule has 0 saturated heterocycles. The van der Waals surface area contributed by atoms with Crippen molar-refractivity contribution in [1.29, 1.82) is 0 Å². The Morgan fingerprint density at radius 2 is 0.623 bits per heavy atom. The summed E-state index contributed by atoms with van der Waals surface area (Å²) in [7, 11) is 0. The summed E-state index contributed by atoms with van der Waals surface area (Å²) >= 11 is 4.65. The molecule has 69 heavy (non-hydrogen) atoms. The largest absolute Gasteiger partial charge is 2.00 e. The van der Waals surface area contributed by atoms with Crippen LogP contribution in [0.15, 0.2) is 142 Å². The van der Waals surface area contributed by atoms with Crippen LogP contribution in [-0.2, 0) is 87.4 Å². The molecule has 0 aliphatic carbocycles. The van der Waals surface area contributed by atoms with Crippen LogP contribution in [0.5, 0.6) is 34.5 Å². The van der Waals surface area contributed by atoms with Gasteiger partial charge in [-0.25, -0.2) is 0 Å². The summed E-state index contributed by atoms with van der Waals surface area (Å²) in [6.45, 7) is 17.9. The maximum absolute atomic E-state index is 5.39. The number of hydrogen-bond donors (Lipinski definition) is 0. The fourth-order valence-electron chi connectivity index (χ4n) is 5.24. The van der Waals surface area contributed by atoms with Crippen LogP contribution in [0.3, 0.4) is 0 Å². The minimum absolute atomic E-state index is 0. The van der Waals surface area contributed by atoms with E-state index in [-0.39, 0.29) is 74.8 Å². The van der Waals surface area contributed by atoms with Gasteiger partial charge in [-0.3, -0.25) is 0 Å². The zero-order valence-corrected chi connectivity index (χ0v) is 46.7. The molecule has 0 atom stereocenters. The molecule has 0 amide bonds. The molecule has 0 spiro atoms. The summed E-state index contributed by atoms with van der Waals surface area (Å²) < 4.78 is 32.3. The minimum Gasteiger partial charge on any atom is -0.813 e. The Morgan fingerprint density at radius 1 is 0.391 bits per heavy atom. The van der Waals surface area contributed by atoms with Gasteiger partial charge in [0, 0.05) is 58.1 Å². The van der Waals surface area contributed by atoms with Gasteiger partial charge in [0.05, 0.1) is 56.7 Å². The molecule has 0 aromatic heterocycles. The molecule has 0 heterocycles. The van der Waals surface area contributed by atoms with E-state index in [2.05, 4.69) is 52.7 Å². The molecule has 6 aromatic rings. The monoisotopic (exact) mass is 1240 g/mol. The summed E-state index contributed by atoms with van der Waals surface area (Å²) in [4.78, 5) is 13.2. The molecular formula is C55H64N3O6Pd3S2-3. The molecule has 0 bridgehead atoms. The first-order valence-electron chi connectivity index (χ1n) is 22.2. The van der Waals surface area contributed by atoms with Crippen LogP contribution in [0.4, 0.5) is 17.1 Å². The average molecular weight is 1250 g/mol. The maximum atomic E-state index is 5.39. The Balaban J connectivity index is 0. The van der Waals surface area contributed by atoms with Crippen molar-refractivity contribution in [3.63, 3.8) is 0 Å². The third kappa shape index (κ3) is 29.6. The molecule has 0 fully saturated rings. The van der Waals surface area contributed by atoms with Crippen molar-refractivity contribution < 1.29 is 89.7 Å². The van der Waals surface area contributed by atoms with Gasteiger partial charge in [-0.15, -0.1) is 89.5 Å². The van der Waals surface area contributed by atoms with Crippen LogP contribution < -0.4 is 28.4 Å². The Labute approximate surface area is 466 Å². The van der Waals surface area contributed by atoms with E-state index < -0.39 is 0 Å². The molecule has 0 saturated carbocycles. The van der Waals surface area contributed by atoms with Gasteiger partial charge in [0.25, 0.3) is 0 Å².